The summed E-state index contributed by atoms with van der Waals surface area (Å²) in [5.74, 6) is -2.36. The van der Waals surface area contributed by atoms with Gasteiger partial charge in [0.05, 0.1) is 23.3 Å². The van der Waals surface area contributed by atoms with E-state index in [9.17, 15) is 19.5 Å². The van der Waals surface area contributed by atoms with Gasteiger partial charge in [0.15, 0.2) is 0 Å². The third kappa shape index (κ3) is 4.79. The molecule has 2 N–H and O–H groups in total. The van der Waals surface area contributed by atoms with E-state index in [0.717, 1.165) is 0 Å². The lowest BCUT2D eigenvalue weighted by Crippen LogP contribution is -2.18. The molecule has 0 saturated carbocycles. The summed E-state index contributed by atoms with van der Waals surface area (Å²) in [7, 11) is 0. The number of aromatic carboxylic acids is 1. The van der Waals surface area contributed by atoms with E-state index in [4.69, 9.17) is 4.74 Å². The van der Waals surface area contributed by atoms with Gasteiger partial charge in [0.2, 0.25) is 0 Å². The van der Waals surface area contributed by atoms with Crippen LogP contribution in [-0.2, 0) is 4.74 Å². The van der Waals surface area contributed by atoms with Crippen molar-refractivity contribution in [2.45, 2.75) is 6.92 Å². The summed E-state index contributed by atoms with van der Waals surface area (Å²) in [5.41, 5.74) is 0.486. The number of carbonyl (C=O) groups excluding carboxylic acids is 2. The number of carboxylic acid groups (broad SMARTS) is 1. The third-order valence-corrected chi connectivity index (χ3v) is 8.13. The number of carbonyl (C=O) groups is 3. The first kappa shape index (κ1) is 22.1. The number of hydrogen-bond donors (Lipinski definition) is 2. The maximum atomic E-state index is 12.7. The molecule has 2 aromatic rings. The molecule has 2 aromatic carbocycles. The lowest BCUT2D eigenvalue weighted by atomic mass is 10.1. The van der Waals surface area contributed by atoms with Gasteiger partial charge in [0.1, 0.15) is 0 Å². The summed E-state index contributed by atoms with van der Waals surface area (Å²) < 4.78 is 6.37. The van der Waals surface area contributed by atoms with Crippen molar-refractivity contribution in [1.82, 2.24) is 0 Å². The van der Waals surface area contributed by atoms with E-state index in [2.05, 4.69) is 69.0 Å². The largest absolute Gasteiger partial charge is 0.478 e. The van der Waals surface area contributed by atoms with Gasteiger partial charge in [0.25, 0.3) is 5.91 Å². The maximum Gasteiger partial charge on any atom is 0.338 e. The topological polar surface area (TPSA) is 92.7 Å². The molecule has 10 heteroatoms. The first-order chi connectivity index (χ1) is 12.7. The van der Waals surface area contributed by atoms with Gasteiger partial charge in [-0.25, -0.2) is 9.59 Å². The number of rotatable bonds is 5. The van der Waals surface area contributed by atoms with E-state index in [1.165, 1.54) is 24.3 Å². The van der Waals surface area contributed by atoms with E-state index in [-0.39, 0.29) is 26.7 Å². The molecular weight excluding hydrogens is 618 g/mol. The highest BCUT2D eigenvalue weighted by Crippen LogP contribution is 2.42. The van der Waals surface area contributed by atoms with Gasteiger partial charge in [0, 0.05) is 23.6 Å². The highest BCUT2D eigenvalue weighted by Gasteiger charge is 2.28. The molecule has 0 aliphatic rings. The Hall–Kier alpha value is -1.23. The average Bonchev–Trinajstić information content (AvgIpc) is 2.63. The molecule has 0 saturated heterocycles. The minimum atomic E-state index is -1.27. The fourth-order valence-electron chi connectivity index (χ4n) is 2.14. The minimum absolute atomic E-state index is 0.0566. The molecule has 0 unspecified atom stereocenters. The summed E-state index contributed by atoms with van der Waals surface area (Å²) in [6, 6.07) is 6.07. The number of anilines is 1. The van der Waals surface area contributed by atoms with Gasteiger partial charge in [-0.2, -0.15) is 0 Å². The summed E-state index contributed by atoms with van der Waals surface area (Å²) in [6.45, 7) is 1.97. The van der Waals surface area contributed by atoms with Crippen molar-refractivity contribution in [2.75, 3.05) is 11.9 Å². The van der Waals surface area contributed by atoms with Crippen LogP contribution in [0.15, 0.2) is 42.2 Å². The van der Waals surface area contributed by atoms with Gasteiger partial charge in [-0.3, -0.25) is 4.79 Å². The standard InChI is InChI=1S/C17H11Br4NO5/c1-2-27-17(26)7-3-5-8(6-4-7)22-15(23)9-10(16(24)25)12(19)14(21)13(20)11(9)18/h3-6H,2H2,1H3,(H,22,23)(H,24,25). The van der Waals surface area contributed by atoms with E-state index < -0.39 is 17.8 Å². The molecule has 1 amide bonds. The smallest absolute Gasteiger partial charge is 0.338 e. The highest BCUT2D eigenvalue weighted by atomic mass is 79.9. The highest BCUT2D eigenvalue weighted by molar-refractivity contribution is 9.15. The number of benzene rings is 2. The Bertz CT molecular complexity index is 928. The molecule has 0 spiro atoms. The normalized spacial score (nSPS) is 10.4. The fourth-order valence-corrected chi connectivity index (χ4v) is 4.61. The Labute approximate surface area is 188 Å². The van der Waals surface area contributed by atoms with Crippen molar-refractivity contribution in [3.05, 3.63) is 58.8 Å². The summed E-state index contributed by atoms with van der Waals surface area (Å²) in [4.78, 5) is 36.1. The van der Waals surface area contributed by atoms with Gasteiger partial charge < -0.3 is 15.2 Å². The monoisotopic (exact) mass is 625 g/mol. The van der Waals surface area contributed by atoms with Crippen LogP contribution in [0.25, 0.3) is 0 Å². The van der Waals surface area contributed by atoms with Gasteiger partial charge in [-0.1, -0.05) is 0 Å². The van der Waals surface area contributed by atoms with Crippen molar-refractivity contribution >= 4 is 87.3 Å². The molecular formula is C17H11Br4NO5. The van der Waals surface area contributed by atoms with E-state index >= 15 is 0 Å². The average molecular weight is 629 g/mol. The molecule has 0 aliphatic carbocycles. The lowest BCUT2D eigenvalue weighted by Gasteiger charge is -2.15. The van der Waals surface area contributed by atoms with E-state index in [0.29, 0.717) is 20.2 Å². The SMILES string of the molecule is CCOC(=O)c1ccc(NC(=O)c2c(Br)c(Br)c(Br)c(Br)c2C(=O)O)cc1. The number of halogens is 4. The van der Waals surface area contributed by atoms with E-state index in [1.54, 1.807) is 6.92 Å². The van der Waals surface area contributed by atoms with Crippen molar-refractivity contribution in [3.63, 3.8) is 0 Å². The second-order valence-corrected chi connectivity index (χ2v) is 8.24. The van der Waals surface area contributed by atoms with Crippen LogP contribution in [0.3, 0.4) is 0 Å². The third-order valence-electron chi connectivity index (χ3n) is 3.36. The number of hydrogen-bond acceptors (Lipinski definition) is 4. The van der Waals surface area contributed by atoms with E-state index in [1.807, 2.05) is 0 Å². The Kier molecular flexibility index (Phi) is 7.61. The molecule has 0 bridgehead atoms. The molecule has 0 atom stereocenters. The molecule has 27 heavy (non-hydrogen) atoms. The number of esters is 1. The van der Waals surface area contributed by atoms with Crippen molar-refractivity contribution in [2.24, 2.45) is 0 Å². The van der Waals surface area contributed by atoms with Crippen molar-refractivity contribution in [3.8, 4) is 0 Å². The molecule has 142 valence electrons. The lowest BCUT2D eigenvalue weighted by molar-refractivity contribution is 0.0525. The zero-order chi connectivity index (χ0) is 20.3. The van der Waals surface area contributed by atoms with Crippen LogP contribution < -0.4 is 5.32 Å². The van der Waals surface area contributed by atoms with Crippen LogP contribution >= 0.6 is 63.7 Å². The van der Waals surface area contributed by atoms with Crippen LogP contribution in [-0.4, -0.2) is 29.6 Å². The quantitative estimate of drug-likeness (QED) is 0.246. The van der Waals surface area contributed by atoms with Gasteiger partial charge in [-0.15, -0.1) is 0 Å². The first-order valence-electron chi connectivity index (χ1n) is 7.36. The number of amides is 1. The second-order valence-electron chi connectivity index (χ2n) is 5.06. The molecule has 0 aliphatic heterocycles. The molecule has 0 aromatic heterocycles. The van der Waals surface area contributed by atoms with Crippen LogP contribution in [0, 0.1) is 0 Å². The molecule has 2 rings (SSSR count). The molecule has 6 nitrogen and oxygen atoms in total. The van der Waals surface area contributed by atoms with Crippen molar-refractivity contribution < 1.29 is 24.2 Å². The Balaban J connectivity index is 2.39. The number of nitrogens with one attached hydrogen (secondary N) is 1. The van der Waals surface area contributed by atoms with Crippen LogP contribution in [0.5, 0.6) is 0 Å². The molecule has 0 fully saturated rings. The van der Waals surface area contributed by atoms with Gasteiger partial charge >= 0.3 is 11.9 Å². The predicted octanol–water partition coefficient (Wildman–Crippen LogP) is 5.86. The van der Waals surface area contributed by atoms with Gasteiger partial charge in [-0.05, 0) is 94.9 Å². The summed E-state index contributed by atoms with van der Waals surface area (Å²) in [6.07, 6.45) is 0. The van der Waals surface area contributed by atoms with Crippen LogP contribution in [0.4, 0.5) is 5.69 Å². The number of ether oxygens (including phenoxy) is 1. The molecule has 0 heterocycles. The predicted molar refractivity (Wildman–Crippen MR) is 115 cm³/mol. The zero-order valence-electron chi connectivity index (χ0n) is 13.6. The Morgan fingerprint density at radius 2 is 1.44 bits per heavy atom. The number of carboxylic acids is 1. The fraction of sp³-hybridized carbons (Fsp3) is 0.118. The molecule has 0 radical (unpaired) electrons. The minimum Gasteiger partial charge on any atom is -0.478 e. The summed E-state index contributed by atoms with van der Waals surface area (Å²) >= 11 is 13.0. The zero-order valence-corrected chi connectivity index (χ0v) is 20.0. The second kappa shape index (κ2) is 9.31. The first-order valence-corrected chi connectivity index (χ1v) is 10.5. The van der Waals surface area contributed by atoms with Crippen LogP contribution in [0.2, 0.25) is 0 Å². The Morgan fingerprint density at radius 1 is 0.926 bits per heavy atom. The maximum absolute atomic E-state index is 12.7. The van der Waals surface area contributed by atoms with Crippen molar-refractivity contribution in [1.29, 1.82) is 0 Å². The van der Waals surface area contributed by atoms with Crippen LogP contribution in [0.1, 0.15) is 38.0 Å². The Morgan fingerprint density at radius 3 is 1.93 bits per heavy atom. The summed E-state index contributed by atoms with van der Waals surface area (Å²) in [5, 5.41) is 12.2.